The van der Waals surface area contributed by atoms with Gasteiger partial charge in [0.25, 0.3) is 0 Å². The van der Waals surface area contributed by atoms with Crippen molar-refractivity contribution >= 4 is 11.5 Å². The number of hydrogen-bond acceptors (Lipinski definition) is 2. The smallest absolute Gasteiger partial charge is 0.138 e. The third-order valence-corrected chi connectivity index (χ3v) is 2.54. The fourth-order valence-corrected chi connectivity index (χ4v) is 1.82. The molecule has 0 spiro atoms. The molecule has 80 valence electrons. The molecule has 2 rings (SSSR count). The average Bonchev–Trinajstić information content (AvgIpc) is 2.67. The first kappa shape index (κ1) is 10.0. The number of nitrogens with one attached hydrogen (secondary N) is 1. The van der Waals surface area contributed by atoms with E-state index < -0.39 is 0 Å². The Bertz CT molecular complexity index is 433. The van der Waals surface area contributed by atoms with Gasteiger partial charge in [0, 0.05) is 18.4 Å². The Morgan fingerprint density at radius 3 is 3.13 bits per heavy atom. The Kier molecular flexibility index (Phi) is 2.90. The normalized spacial score (nSPS) is 12.9. The summed E-state index contributed by atoms with van der Waals surface area (Å²) < 4.78 is 2.08. The van der Waals surface area contributed by atoms with Crippen LogP contribution in [-0.4, -0.2) is 15.4 Å². The number of imidazole rings is 1. The summed E-state index contributed by atoms with van der Waals surface area (Å²) in [6, 6.07) is 6.63. The number of fused-ring (bicyclic) bond motifs is 1. The molecule has 0 radical (unpaired) electrons. The first-order chi connectivity index (χ1) is 7.31. The SMILES string of the molecule is CCCC(C)Nc1cccc2nccn12. The van der Waals surface area contributed by atoms with E-state index in [0.29, 0.717) is 6.04 Å². The van der Waals surface area contributed by atoms with Crippen LogP contribution in [0.5, 0.6) is 0 Å². The predicted molar refractivity (Wildman–Crippen MR) is 63.2 cm³/mol. The highest BCUT2D eigenvalue weighted by atomic mass is 15.1. The Morgan fingerprint density at radius 2 is 2.33 bits per heavy atom. The molecular weight excluding hydrogens is 186 g/mol. The molecule has 1 N–H and O–H groups in total. The maximum atomic E-state index is 4.26. The lowest BCUT2D eigenvalue weighted by Gasteiger charge is -2.15. The van der Waals surface area contributed by atoms with Crippen LogP contribution in [0.25, 0.3) is 5.65 Å². The van der Waals surface area contributed by atoms with Gasteiger partial charge < -0.3 is 5.32 Å². The zero-order valence-electron chi connectivity index (χ0n) is 9.27. The zero-order valence-corrected chi connectivity index (χ0v) is 9.27. The largest absolute Gasteiger partial charge is 0.369 e. The summed E-state index contributed by atoms with van der Waals surface area (Å²) in [5.74, 6) is 1.12. The molecule has 2 aromatic heterocycles. The quantitative estimate of drug-likeness (QED) is 0.827. The van der Waals surface area contributed by atoms with Crippen molar-refractivity contribution in [2.45, 2.75) is 32.7 Å². The maximum absolute atomic E-state index is 4.26. The van der Waals surface area contributed by atoms with Crippen LogP contribution in [0.1, 0.15) is 26.7 Å². The number of aromatic nitrogens is 2. The van der Waals surface area contributed by atoms with Gasteiger partial charge in [0.1, 0.15) is 11.5 Å². The zero-order chi connectivity index (χ0) is 10.7. The van der Waals surface area contributed by atoms with E-state index in [1.54, 1.807) is 0 Å². The Balaban J connectivity index is 2.23. The highest BCUT2D eigenvalue weighted by molar-refractivity contribution is 5.50. The Hall–Kier alpha value is -1.51. The van der Waals surface area contributed by atoms with Gasteiger partial charge in [-0.05, 0) is 25.5 Å². The lowest BCUT2D eigenvalue weighted by Crippen LogP contribution is -2.16. The molecule has 0 bridgehead atoms. The van der Waals surface area contributed by atoms with Crippen molar-refractivity contribution in [1.82, 2.24) is 9.38 Å². The van der Waals surface area contributed by atoms with E-state index in [9.17, 15) is 0 Å². The van der Waals surface area contributed by atoms with Gasteiger partial charge in [0.2, 0.25) is 0 Å². The van der Waals surface area contributed by atoms with Crippen molar-refractivity contribution in [3.63, 3.8) is 0 Å². The minimum Gasteiger partial charge on any atom is -0.369 e. The van der Waals surface area contributed by atoms with Crippen LogP contribution in [-0.2, 0) is 0 Å². The van der Waals surface area contributed by atoms with E-state index >= 15 is 0 Å². The van der Waals surface area contributed by atoms with Gasteiger partial charge >= 0.3 is 0 Å². The van der Waals surface area contributed by atoms with Crippen molar-refractivity contribution in [1.29, 1.82) is 0 Å². The number of rotatable bonds is 4. The summed E-state index contributed by atoms with van der Waals surface area (Å²) in [5, 5.41) is 3.49. The molecule has 0 fully saturated rings. The second-order valence-corrected chi connectivity index (χ2v) is 3.90. The first-order valence-electron chi connectivity index (χ1n) is 5.50. The summed E-state index contributed by atoms with van der Waals surface area (Å²) in [7, 11) is 0. The predicted octanol–water partition coefficient (Wildman–Crippen LogP) is 2.93. The van der Waals surface area contributed by atoms with Gasteiger partial charge in [-0.15, -0.1) is 0 Å². The summed E-state index contributed by atoms with van der Waals surface area (Å²) in [5.41, 5.74) is 0.990. The second kappa shape index (κ2) is 4.34. The molecule has 0 amide bonds. The van der Waals surface area contributed by atoms with Crippen LogP contribution in [0.4, 0.5) is 5.82 Å². The molecule has 2 heterocycles. The highest BCUT2D eigenvalue weighted by Gasteiger charge is 2.03. The molecule has 1 unspecified atom stereocenters. The lowest BCUT2D eigenvalue weighted by molar-refractivity contribution is 0.686. The molecule has 0 aliphatic carbocycles. The first-order valence-corrected chi connectivity index (χ1v) is 5.50. The van der Waals surface area contributed by atoms with Gasteiger partial charge in [0.15, 0.2) is 0 Å². The molecule has 0 saturated carbocycles. The number of hydrogen-bond donors (Lipinski definition) is 1. The topological polar surface area (TPSA) is 29.3 Å². The van der Waals surface area contributed by atoms with Crippen molar-refractivity contribution in [3.05, 3.63) is 30.6 Å². The van der Waals surface area contributed by atoms with Crippen LogP contribution in [0.2, 0.25) is 0 Å². The van der Waals surface area contributed by atoms with Crippen LogP contribution < -0.4 is 5.32 Å². The summed E-state index contributed by atoms with van der Waals surface area (Å²) in [6.45, 7) is 4.41. The molecule has 2 aromatic rings. The van der Waals surface area contributed by atoms with Crippen molar-refractivity contribution in [3.8, 4) is 0 Å². The molecule has 0 aliphatic rings. The third-order valence-electron chi connectivity index (χ3n) is 2.54. The highest BCUT2D eigenvalue weighted by Crippen LogP contribution is 2.13. The van der Waals surface area contributed by atoms with Crippen LogP contribution in [0, 0.1) is 0 Å². The van der Waals surface area contributed by atoms with Crippen LogP contribution >= 0.6 is 0 Å². The van der Waals surface area contributed by atoms with Crippen LogP contribution in [0.3, 0.4) is 0 Å². The molecule has 1 atom stereocenters. The maximum Gasteiger partial charge on any atom is 0.138 e. The van der Waals surface area contributed by atoms with Crippen molar-refractivity contribution in [2.75, 3.05) is 5.32 Å². The summed E-state index contributed by atoms with van der Waals surface area (Å²) in [6.07, 6.45) is 6.19. The molecule has 3 heteroatoms. The van der Waals surface area contributed by atoms with Crippen LogP contribution in [0.15, 0.2) is 30.6 Å². The van der Waals surface area contributed by atoms with Gasteiger partial charge in [-0.3, -0.25) is 4.40 Å². The fourth-order valence-electron chi connectivity index (χ4n) is 1.82. The molecule has 15 heavy (non-hydrogen) atoms. The lowest BCUT2D eigenvalue weighted by atomic mass is 10.2. The summed E-state index contributed by atoms with van der Waals surface area (Å²) in [4.78, 5) is 4.26. The van der Waals surface area contributed by atoms with E-state index in [-0.39, 0.29) is 0 Å². The molecule has 0 saturated heterocycles. The summed E-state index contributed by atoms with van der Waals surface area (Å²) >= 11 is 0. The standard InChI is InChI=1S/C12H17N3/c1-3-5-10(2)14-12-7-4-6-11-13-8-9-15(11)12/h4,6-10,14H,3,5H2,1-2H3. The monoisotopic (exact) mass is 203 g/mol. The van der Waals surface area contributed by atoms with Gasteiger partial charge in [0.05, 0.1) is 0 Å². The van der Waals surface area contributed by atoms with Crippen molar-refractivity contribution < 1.29 is 0 Å². The van der Waals surface area contributed by atoms with Gasteiger partial charge in [-0.1, -0.05) is 19.4 Å². The Morgan fingerprint density at radius 1 is 1.47 bits per heavy atom. The minimum atomic E-state index is 0.503. The van der Waals surface area contributed by atoms with E-state index in [1.807, 2.05) is 24.5 Å². The number of anilines is 1. The van der Waals surface area contributed by atoms with E-state index in [1.165, 1.54) is 12.8 Å². The van der Waals surface area contributed by atoms with E-state index in [2.05, 4.69) is 34.6 Å². The average molecular weight is 203 g/mol. The third kappa shape index (κ3) is 2.12. The van der Waals surface area contributed by atoms with E-state index in [4.69, 9.17) is 0 Å². The fraction of sp³-hybridized carbons (Fsp3) is 0.417. The van der Waals surface area contributed by atoms with E-state index in [0.717, 1.165) is 11.5 Å². The van der Waals surface area contributed by atoms with Gasteiger partial charge in [-0.2, -0.15) is 0 Å². The molecule has 0 aromatic carbocycles. The minimum absolute atomic E-state index is 0.503. The van der Waals surface area contributed by atoms with Gasteiger partial charge in [-0.25, -0.2) is 4.98 Å². The Labute approximate surface area is 90.1 Å². The van der Waals surface area contributed by atoms with Crippen molar-refractivity contribution in [2.24, 2.45) is 0 Å². The number of pyridine rings is 1. The second-order valence-electron chi connectivity index (χ2n) is 3.90. The molecule has 0 aliphatic heterocycles. The number of nitrogens with zero attached hydrogens (tertiary/aromatic N) is 2. The molecule has 3 nitrogen and oxygen atoms in total. The molecular formula is C12H17N3.